The lowest BCUT2D eigenvalue weighted by Crippen LogP contribution is -2.17. The maximum atomic E-state index is 11.9. The van der Waals surface area contributed by atoms with E-state index in [2.05, 4.69) is 15.5 Å². The number of thiazole rings is 1. The van der Waals surface area contributed by atoms with Crippen molar-refractivity contribution in [1.82, 2.24) is 10.4 Å². The average Bonchev–Trinajstić information content (AvgIpc) is 2.80. The molecule has 1 aromatic carbocycles. The Kier molecular flexibility index (Phi) is 4.89. The van der Waals surface area contributed by atoms with Gasteiger partial charge in [0.25, 0.3) is 5.91 Å². The number of ether oxygens (including phenoxy) is 1. The molecule has 2 rings (SSSR count). The summed E-state index contributed by atoms with van der Waals surface area (Å²) in [5.74, 6) is 0.392. The highest BCUT2D eigenvalue weighted by Crippen LogP contribution is 2.19. The van der Waals surface area contributed by atoms with Crippen molar-refractivity contribution in [2.24, 2.45) is 5.10 Å². The number of amides is 1. The van der Waals surface area contributed by atoms with Gasteiger partial charge in [0.1, 0.15) is 10.6 Å². The highest BCUT2D eigenvalue weighted by atomic mass is 32.1. The summed E-state index contributed by atoms with van der Waals surface area (Å²) in [5.41, 5.74) is 9.41. The SMILES string of the molecule is CCOc1ccccc1/C=N\NC(=O)c1sc(N)nc1C. The van der Waals surface area contributed by atoms with Crippen LogP contribution in [0.15, 0.2) is 29.4 Å². The van der Waals surface area contributed by atoms with E-state index in [0.717, 1.165) is 22.6 Å². The molecule has 0 radical (unpaired) electrons. The van der Waals surface area contributed by atoms with Crippen LogP contribution in [-0.4, -0.2) is 23.7 Å². The Morgan fingerprint density at radius 2 is 2.29 bits per heavy atom. The molecule has 7 heteroatoms. The lowest BCUT2D eigenvalue weighted by molar-refractivity contribution is 0.0958. The molecule has 0 aliphatic carbocycles. The molecule has 0 saturated heterocycles. The molecule has 0 spiro atoms. The van der Waals surface area contributed by atoms with Crippen LogP contribution in [0.25, 0.3) is 0 Å². The summed E-state index contributed by atoms with van der Waals surface area (Å²) in [7, 11) is 0. The molecule has 110 valence electrons. The minimum Gasteiger partial charge on any atom is -0.493 e. The lowest BCUT2D eigenvalue weighted by Gasteiger charge is -2.05. The van der Waals surface area contributed by atoms with Gasteiger partial charge in [-0.3, -0.25) is 4.79 Å². The fraction of sp³-hybridized carbons (Fsp3) is 0.214. The third kappa shape index (κ3) is 3.79. The molecule has 21 heavy (non-hydrogen) atoms. The minimum atomic E-state index is -0.327. The first-order valence-corrected chi connectivity index (χ1v) is 7.21. The Morgan fingerprint density at radius 3 is 2.95 bits per heavy atom. The van der Waals surface area contributed by atoms with E-state index in [4.69, 9.17) is 10.5 Å². The average molecular weight is 304 g/mol. The number of carbonyl (C=O) groups is 1. The number of nitrogens with zero attached hydrogens (tertiary/aromatic N) is 2. The van der Waals surface area contributed by atoms with Gasteiger partial charge in [0.2, 0.25) is 0 Å². The zero-order valence-electron chi connectivity index (χ0n) is 11.8. The van der Waals surface area contributed by atoms with Crippen molar-refractivity contribution in [3.05, 3.63) is 40.4 Å². The van der Waals surface area contributed by atoms with Gasteiger partial charge in [-0.2, -0.15) is 5.10 Å². The molecule has 1 amide bonds. The molecular formula is C14H16N4O2S. The van der Waals surface area contributed by atoms with Gasteiger partial charge in [-0.15, -0.1) is 0 Å². The molecule has 0 saturated carbocycles. The quantitative estimate of drug-likeness (QED) is 0.654. The first-order chi connectivity index (χ1) is 10.1. The monoisotopic (exact) mass is 304 g/mol. The van der Waals surface area contributed by atoms with Gasteiger partial charge in [0, 0.05) is 5.56 Å². The third-order valence-electron chi connectivity index (χ3n) is 2.61. The van der Waals surface area contributed by atoms with E-state index in [1.54, 1.807) is 13.1 Å². The highest BCUT2D eigenvalue weighted by Gasteiger charge is 2.13. The Hall–Kier alpha value is -2.41. The smallest absolute Gasteiger partial charge is 0.283 e. The van der Waals surface area contributed by atoms with E-state index in [-0.39, 0.29) is 5.91 Å². The van der Waals surface area contributed by atoms with Crippen molar-refractivity contribution in [3.8, 4) is 5.75 Å². The topological polar surface area (TPSA) is 89.6 Å². The standard InChI is InChI=1S/C14H16N4O2S/c1-3-20-11-7-5-4-6-10(11)8-16-18-13(19)12-9(2)17-14(15)21-12/h4-8H,3H2,1-2H3,(H2,15,17)(H,18,19)/b16-8-. The van der Waals surface area contributed by atoms with Crippen LogP contribution in [-0.2, 0) is 0 Å². The van der Waals surface area contributed by atoms with Crippen molar-refractivity contribution in [2.45, 2.75) is 13.8 Å². The largest absolute Gasteiger partial charge is 0.493 e. The zero-order chi connectivity index (χ0) is 15.2. The van der Waals surface area contributed by atoms with E-state index in [9.17, 15) is 4.79 Å². The molecule has 3 N–H and O–H groups in total. The highest BCUT2D eigenvalue weighted by molar-refractivity contribution is 7.17. The fourth-order valence-electron chi connectivity index (χ4n) is 1.71. The van der Waals surface area contributed by atoms with Gasteiger partial charge >= 0.3 is 0 Å². The number of para-hydroxylation sites is 1. The summed E-state index contributed by atoms with van der Waals surface area (Å²) in [6.07, 6.45) is 1.54. The van der Waals surface area contributed by atoms with Crippen LogP contribution >= 0.6 is 11.3 Å². The van der Waals surface area contributed by atoms with Crippen molar-refractivity contribution in [1.29, 1.82) is 0 Å². The van der Waals surface area contributed by atoms with Crippen LogP contribution in [0.5, 0.6) is 5.75 Å². The number of benzene rings is 1. The first-order valence-electron chi connectivity index (χ1n) is 6.40. The lowest BCUT2D eigenvalue weighted by atomic mass is 10.2. The maximum Gasteiger partial charge on any atom is 0.283 e. The number of nitrogen functional groups attached to an aromatic ring is 1. The van der Waals surface area contributed by atoms with Crippen molar-refractivity contribution < 1.29 is 9.53 Å². The molecule has 0 bridgehead atoms. The number of nitrogens with one attached hydrogen (secondary N) is 1. The second-order valence-electron chi connectivity index (χ2n) is 4.14. The normalized spacial score (nSPS) is 10.8. The van der Waals surface area contributed by atoms with Crippen LogP contribution in [0.1, 0.15) is 27.9 Å². The van der Waals surface area contributed by atoms with E-state index in [1.807, 2.05) is 31.2 Å². The Morgan fingerprint density at radius 1 is 1.52 bits per heavy atom. The van der Waals surface area contributed by atoms with Crippen LogP contribution in [0.3, 0.4) is 0 Å². The van der Waals surface area contributed by atoms with Crippen molar-refractivity contribution in [2.75, 3.05) is 12.3 Å². The summed E-state index contributed by atoms with van der Waals surface area (Å²) < 4.78 is 5.47. The molecule has 1 heterocycles. The van der Waals surface area contributed by atoms with Crippen LogP contribution < -0.4 is 15.9 Å². The van der Waals surface area contributed by atoms with Gasteiger partial charge in [0.05, 0.1) is 18.5 Å². The summed E-state index contributed by atoms with van der Waals surface area (Å²) in [4.78, 5) is 16.4. The molecule has 2 aromatic rings. The van der Waals surface area contributed by atoms with Crippen LogP contribution in [0.4, 0.5) is 5.13 Å². The van der Waals surface area contributed by atoms with Crippen molar-refractivity contribution >= 4 is 28.6 Å². The zero-order valence-corrected chi connectivity index (χ0v) is 12.6. The Bertz CT molecular complexity index is 667. The summed E-state index contributed by atoms with van der Waals surface area (Å²) >= 11 is 1.14. The van der Waals surface area contributed by atoms with E-state index in [0.29, 0.717) is 22.3 Å². The minimum absolute atomic E-state index is 0.327. The number of hydrogen-bond donors (Lipinski definition) is 2. The second-order valence-corrected chi connectivity index (χ2v) is 5.17. The van der Waals surface area contributed by atoms with Crippen LogP contribution in [0.2, 0.25) is 0 Å². The fourth-order valence-corrected chi connectivity index (χ4v) is 2.44. The molecule has 0 fully saturated rings. The molecule has 1 aromatic heterocycles. The number of aromatic nitrogens is 1. The Labute approximate surface area is 126 Å². The molecule has 0 aliphatic rings. The number of rotatable bonds is 5. The molecular weight excluding hydrogens is 288 g/mol. The number of hydrogen-bond acceptors (Lipinski definition) is 6. The molecule has 0 atom stereocenters. The first kappa shape index (κ1) is 15.0. The van der Waals surface area contributed by atoms with E-state index < -0.39 is 0 Å². The predicted molar refractivity (Wildman–Crippen MR) is 83.9 cm³/mol. The number of aryl methyl sites for hydroxylation is 1. The Balaban J connectivity index is 2.06. The third-order valence-corrected chi connectivity index (χ3v) is 3.59. The van der Waals surface area contributed by atoms with Gasteiger partial charge in [-0.1, -0.05) is 23.5 Å². The number of hydrazone groups is 1. The number of anilines is 1. The number of nitrogens with two attached hydrogens (primary N) is 1. The summed E-state index contributed by atoms with van der Waals surface area (Å²) in [6.45, 7) is 4.21. The van der Waals surface area contributed by atoms with Gasteiger partial charge in [-0.05, 0) is 26.0 Å². The summed E-state index contributed by atoms with van der Waals surface area (Å²) in [6, 6.07) is 7.46. The molecule has 6 nitrogen and oxygen atoms in total. The summed E-state index contributed by atoms with van der Waals surface area (Å²) in [5, 5.41) is 4.31. The van der Waals surface area contributed by atoms with Gasteiger partial charge in [-0.25, -0.2) is 10.4 Å². The van der Waals surface area contributed by atoms with Crippen LogP contribution in [0, 0.1) is 6.92 Å². The van der Waals surface area contributed by atoms with Gasteiger partial charge < -0.3 is 10.5 Å². The molecule has 0 unspecified atom stereocenters. The van der Waals surface area contributed by atoms with Crippen molar-refractivity contribution in [3.63, 3.8) is 0 Å². The number of carbonyl (C=O) groups excluding carboxylic acids is 1. The predicted octanol–water partition coefficient (Wildman–Crippen LogP) is 2.20. The second kappa shape index (κ2) is 6.85. The van der Waals surface area contributed by atoms with E-state index in [1.165, 1.54) is 0 Å². The molecule has 0 aliphatic heterocycles. The maximum absolute atomic E-state index is 11.9. The van der Waals surface area contributed by atoms with Gasteiger partial charge in [0.15, 0.2) is 5.13 Å². The van der Waals surface area contributed by atoms with E-state index >= 15 is 0 Å².